The molecule has 7 heteroatoms. The molecule has 1 N–H and O–H groups in total. The topological polar surface area (TPSA) is 38.5 Å². The highest BCUT2D eigenvalue weighted by molar-refractivity contribution is 9.10. The second-order valence-electron chi connectivity index (χ2n) is 4.48. The zero-order valence-electron chi connectivity index (χ0n) is 10.9. The van der Waals surface area contributed by atoms with Crippen LogP contribution < -0.4 is 0 Å². The number of aromatic nitrogens is 4. The quantitative estimate of drug-likeness (QED) is 0.678. The molecule has 20 heavy (non-hydrogen) atoms. The van der Waals surface area contributed by atoms with Crippen LogP contribution >= 0.6 is 39.7 Å². The van der Waals surface area contributed by atoms with Gasteiger partial charge < -0.3 is 4.98 Å². The van der Waals surface area contributed by atoms with E-state index in [9.17, 15) is 0 Å². The predicted octanol–water partition coefficient (Wildman–Crippen LogP) is 4.40. The Morgan fingerprint density at radius 2 is 2.20 bits per heavy atom. The van der Waals surface area contributed by atoms with Gasteiger partial charge in [-0.25, -0.2) is 4.68 Å². The zero-order chi connectivity index (χ0) is 14.4. The van der Waals surface area contributed by atoms with Crippen LogP contribution in [0.1, 0.15) is 12.6 Å². The summed E-state index contributed by atoms with van der Waals surface area (Å²) in [6, 6.07) is 5.64. The third kappa shape index (κ3) is 2.03. The van der Waals surface area contributed by atoms with Gasteiger partial charge in [-0.1, -0.05) is 18.5 Å². The molecular weight excluding hydrogens is 360 g/mol. The molecule has 2 aromatic heterocycles. The predicted molar refractivity (Wildman–Crippen MR) is 87.3 cm³/mol. The molecule has 2 heterocycles. The Kier molecular flexibility index (Phi) is 3.48. The maximum absolute atomic E-state index is 6.00. The fourth-order valence-corrected chi connectivity index (χ4v) is 3.49. The third-order valence-corrected chi connectivity index (χ3v) is 4.38. The highest BCUT2D eigenvalue weighted by Gasteiger charge is 2.16. The van der Waals surface area contributed by atoms with E-state index in [1.54, 1.807) is 0 Å². The summed E-state index contributed by atoms with van der Waals surface area (Å²) >= 11 is 15.0. The summed E-state index contributed by atoms with van der Waals surface area (Å²) in [4.78, 5) is 3.25. The van der Waals surface area contributed by atoms with E-state index in [0.29, 0.717) is 9.79 Å². The molecule has 0 aliphatic rings. The lowest BCUT2D eigenvalue weighted by molar-refractivity contribution is 0.748. The average Bonchev–Trinajstić information content (AvgIpc) is 2.87. The third-order valence-electron chi connectivity index (χ3n) is 3.22. The number of nitrogens with one attached hydrogen (secondary N) is 1. The van der Waals surface area contributed by atoms with Crippen LogP contribution in [0.25, 0.3) is 16.9 Å². The summed E-state index contributed by atoms with van der Waals surface area (Å²) < 4.78 is 5.35. The van der Waals surface area contributed by atoms with Crippen molar-refractivity contribution in [2.45, 2.75) is 13.3 Å². The van der Waals surface area contributed by atoms with E-state index in [4.69, 9.17) is 23.8 Å². The molecule has 0 saturated carbocycles. The molecule has 0 amide bonds. The second-order valence-corrected chi connectivity index (χ2v) is 6.16. The van der Waals surface area contributed by atoms with Crippen LogP contribution in [0.4, 0.5) is 0 Å². The van der Waals surface area contributed by atoms with Crippen molar-refractivity contribution in [2.24, 2.45) is 7.05 Å². The summed E-state index contributed by atoms with van der Waals surface area (Å²) in [7, 11) is 1.92. The van der Waals surface area contributed by atoms with E-state index in [1.807, 2.05) is 34.5 Å². The fourth-order valence-electron chi connectivity index (χ4n) is 2.35. The molecule has 3 rings (SSSR count). The number of aromatic amines is 1. The summed E-state index contributed by atoms with van der Waals surface area (Å²) in [5.41, 5.74) is 3.89. The molecule has 0 spiro atoms. The van der Waals surface area contributed by atoms with Crippen molar-refractivity contribution in [3.63, 3.8) is 0 Å². The molecule has 1 aromatic carbocycles. The number of hydrogen-bond acceptors (Lipinski definition) is 2. The van der Waals surface area contributed by atoms with Crippen molar-refractivity contribution in [2.75, 3.05) is 0 Å². The number of benzene rings is 1. The van der Waals surface area contributed by atoms with Crippen molar-refractivity contribution in [3.05, 3.63) is 38.2 Å². The first-order valence-electron chi connectivity index (χ1n) is 6.15. The lowest BCUT2D eigenvalue weighted by Gasteiger charge is -2.07. The number of imidazole rings is 1. The normalized spacial score (nSPS) is 11.4. The molecule has 0 atom stereocenters. The second kappa shape index (κ2) is 5.02. The lowest BCUT2D eigenvalue weighted by Crippen LogP contribution is -2.01. The van der Waals surface area contributed by atoms with Gasteiger partial charge in [-0.3, -0.25) is 4.57 Å². The van der Waals surface area contributed by atoms with Gasteiger partial charge >= 0.3 is 0 Å². The molecule has 0 fully saturated rings. The van der Waals surface area contributed by atoms with Crippen molar-refractivity contribution < 1.29 is 0 Å². The van der Waals surface area contributed by atoms with Gasteiger partial charge in [-0.05, 0) is 52.8 Å². The standard InChI is InChI=1S/C13H12BrClN4S/c1-3-9-11-12(18(2)17-9)19(13(20)16-11)10-5-4-7(15)6-8(10)14/h4-6H,3H2,1-2H3,(H,16,20). The number of halogens is 2. The van der Waals surface area contributed by atoms with Gasteiger partial charge in [0.05, 0.1) is 11.4 Å². The summed E-state index contributed by atoms with van der Waals surface area (Å²) in [5, 5.41) is 5.20. The minimum atomic E-state index is 0.644. The van der Waals surface area contributed by atoms with Crippen LogP contribution in [0.15, 0.2) is 22.7 Å². The smallest absolute Gasteiger partial charge is 0.184 e. The number of H-pyrrole nitrogens is 1. The van der Waals surface area contributed by atoms with Crippen molar-refractivity contribution in [1.82, 2.24) is 19.3 Å². The fraction of sp³-hybridized carbons (Fsp3) is 0.231. The zero-order valence-corrected chi connectivity index (χ0v) is 14.1. The van der Waals surface area contributed by atoms with E-state index in [1.165, 1.54) is 0 Å². The van der Waals surface area contributed by atoms with Crippen LogP contribution in [-0.4, -0.2) is 19.3 Å². The first-order valence-corrected chi connectivity index (χ1v) is 7.73. The molecule has 0 aliphatic heterocycles. The number of fused-ring (bicyclic) bond motifs is 1. The average molecular weight is 372 g/mol. The molecule has 0 unspecified atom stereocenters. The largest absolute Gasteiger partial charge is 0.327 e. The Morgan fingerprint density at radius 3 is 2.85 bits per heavy atom. The van der Waals surface area contributed by atoms with Crippen LogP contribution in [-0.2, 0) is 13.5 Å². The van der Waals surface area contributed by atoms with Crippen LogP contribution in [0.2, 0.25) is 5.02 Å². The van der Waals surface area contributed by atoms with Crippen LogP contribution in [0, 0.1) is 4.77 Å². The van der Waals surface area contributed by atoms with Gasteiger partial charge in [0, 0.05) is 16.5 Å². The minimum Gasteiger partial charge on any atom is -0.327 e. The lowest BCUT2D eigenvalue weighted by atomic mass is 10.3. The monoisotopic (exact) mass is 370 g/mol. The Bertz CT molecular complexity index is 861. The van der Waals surface area contributed by atoms with Gasteiger partial charge in [0.1, 0.15) is 5.52 Å². The highest BCUT2D eigenvalue weighted by atomic mass is 79.9. The van der Waals surface area contributed by atoms with Gasteiger partial charge in [0.15, 0.2) is 10.4 Å². The maximum atomic E-state index is 6.00. The number of nitrogens with zero attached hydrogens (tertiary/aromatic N) is 3. The Morgan fingerprint density at radius 1 is 1.45 bits per heavy atom. The molecular formula is C13H12BrClN4S. The Labute approximate surface area is 134 Å². The molecule has 104 valence electrons. The molecule has 0 bridgehead atoms. The Hall–Kier alpha value is -1.11. The van der Waals surface area contributed by atoms with Gasteiger partial charge in [0.2, 0.25) is 0 Å². The van der Waals surface area contributed by atoms with E-state index in [-0.39, 0.29) is 0 Å². The van der Waals surface area contributed by atoms with Crippen molar-refractivity contribution in [1.29, 1.82) is 0 Å². The maximum Gasteiger partial charge on any atom is 0.184 e. The summed E-state index contributed by atoms with van der Waals surface area (Å²) in [6.07, 6.45) is 0.856. The number of hydrogen-bond donors (Lipinski definition) is 1. The molecule has 3 aromatic rings. The first-order chi connectivity index (χ1) is 9.52. The molecule has 4 nitrogen and oxygen atoms in total. The van der Waals surface area contributed by atoms with E-state index < -0.39 is 0 Å². The SMILES string of the molecule is CCc1nn(C)c2c1[nH]c(=S)n2-c1ccc(Cl)cc1Br. The van der Waals surface area contributed by atoms with Crippen LogP contribution in [0.5, 0.6) is 0 Å². The van der Waals surface area contributed by atoms with Crippen molar-refractivity contribution >= 4 is 50.9 Å². The molecule has 0 saturated heterocycles. The molecule has 0 radical (unpaired) electrons. The van der Waals surface area contributed by atoms with E-state index in [2.05, 4.69) is 32.9 Å². The van der Waals surface area contributed by atoms with Crippen molar-refractivity contribution in [3.8, 4) is 5.69 Å². The first kappa shape index (κ1) is 13.9. The van der Waals surface area contributed by atoms with Gasteiger partial charge in [-0.15, -0.1) is 0 Å². The summed E-state index contributed by atoms with van der Waals surface area (Å²) in [5.74, 6) is 0. The summed E-state index contributed by atoms with van der Waals surface area (Å²) in [6.45, 7) is 2.08. The van der Waals surface area contributed by atoms with Gasteiger partial charge in [-0.2, -0.15) is 5.10 Å². The Balaban J connectivity index is 2.39. The van der Waals surface area contributed by atoms with E-state index >= 15 is 0 Å². The van der Waals surface area contributed by atoms with Gasteiger partial charge in [0.25, 0.3) is 0 Å². The van der Waals surface area contributed by atoms with E-state index in [0.717, 1.165) is 33.4 Å². The van der Waals surface area contributed by atoms with Crippen LogP contribution in [0.3, 0.4) is 0 Å². The minimum absolute atomic E-state index is 0.644. The highest BCUT2D eigenvalue weighted by Crippen LogP contribution is 2.29. The number of aryl methyl sites for hydroxylation is 2. The number of rotatable bonds is 2. The molecule has 0 aliphatic carbocycles.